The molecule has 7 heteroatoms. The normalized spacial score (nSPS) is 16.5. The third-order valence-corrected chi connectivity index (χ3v) is 5.98. The van der Waals surface area contributed by atoms with Gasteiger partial charge in [0.05, 0.1) is 23.9 Å². The number of aryl methyl sites for hydroxylation is 1. The zero-order chi connectivity index (χ0) is 20.9. The average Bonchev–Trinajstić information content (AvgIpc) is 3.12. The molecule has 0 amide bonds. The Balaban J connectivity index is 1.74. The number of ether oxygens (including phenoxy) is 2. The van der Waals surface area contributed by atoms with Crippen LogP contribution in [0.1, 0.15) is 34.5 Å². The summed E-state index contributed by atoms with van der Waals surface area (Å²) in [6, 6.07) is 11.8. The minimum absolute atomic E-state index is 0.191. The Morgan fingerprint density at radius 2 is 2.00 bits per heavy atom. The molecule has 0 aliphatic carbocycles. The summed E-state index contributed by atoms with van der Waals surface area (Å²) in [4.78, 5) is 13.6. The lowest BCUT2D eigenvalue weighted by Crippen LogP contribution is -2.46. The second kappa shape index (κ2) is 6.95. The first-order chi connectivity index (χ1) is 14.5. The second-order valence-electron chi connectivity index (χ2n) is 7.71. The topological polar surface area (TPSA) is 65.4 Å². The van der Waals surface area contributed by atoms with Crippen molar-refractivity contribution >= 4 is 5.78 Å². The van der Waals surface area contributed by atoms with Gasteiger partial charge in [-0.1, -0.05) is 12.1 Å². The Morgan fingerprint density at radius 3 is 2.77 bits per heavy atom. The number of benzene rings is 2. The number of aromatic nitrogens is 2. The van der Waals surface area contributed by atoms with Crippen molar-refractivity contribution in [2.45, 2.75) is 18.4 Å². The molecule has 2 aliphatic heterocycles. The number of carbonyl (C=O) groups is 1. The van der Waals surface area contributed by atoms with Crippen molar-refractivity contribution in [3.05, 3.63) is 65.1 Å². The number of nitrogens with zero attached hydrogens (tertiary/aromatic N) is 2. The van der Waals surface area contributed by atoms with Gasteiger partial charge >= 0.3 is 0 Å². The smallest absolute Gasteiger partial charge is 0.217 e. The molecule has 154 valence electrons. The van der Waals surface area contributed by atoms with Crippen LogP contribution >= 0.6 is 0 Å². The van der Waals surface area contributed by atoms with Crippen molar-refractivity contribution in [3.8, 4) is 22.8 Å². The SMILES string of the molecule is COc1cc(F)ccc1C(=O)c1nn(C)c2c1C1(CCNCC1)Oc1ccccc1-2. The van der Waals surface area contributed by atoms with Crippen molar-refractivity contribution in [2.24, 2.45) is 7.05 Å². The molecule has 3 heterocycles. The van der Waals surface area contributed by atoms with Crippen LogP contribution in [0.25, 0.3) is 11.3 Å². The van der Waals surface area contributed by atoms with Crippen LogP contribution in [-0.4, -0.2) is 35.8 Å². The van der Waals surface area contributed by atoms with Crippen LogP contribution in [0, 0.1) is 5.82 Å². The maximum absolute atomic E-state index is 13.7. The number of hydrogen-bond donors (Lipinski definition) is 1. The number of hydrogen-bond acceptors (Lipinski definition) is 5. The average molecular weight is 407 g/mol. The van der Waals surface area contributed by atoms with E-state index in [-0.39, 0.29) is 17.1 Å². The number of methoxy groups -OCH3 is 1. The molecular formula is C23H22FN3O3. The van der Waals surface area contributed by atoms with Crippen LogP contribution in [0.2, 0.25) is 0 Å². The monoisotopic (exact) mass is 407 g/mol. The van der Waals surface area contributed by atoms with E-state index < -0.39 is 11.4 Å². The number of ketones is 1. The number of nitrogens with one attached hydrogen (secondary N) is 1. The first kappa shape index (κ1) is 18.8. The number of fused-ring (bicyclic) bond motifs is 4. The van der Waals surface area contributed by atoms with Gasteiger partial charge in [-0.2, -0.15) is 5.10 Å². The zero-order valence-electron chi connectivity index (χ0n) is 16.9. The van der Waals surface area contributed by atoms with Crippen LogP contribution in [0.15, 0.2) is 42.5 Å². The molecule has 1 fully saturated rings. The van der Waals surface area contributed by atoms with Gasteiger partial charge < -0.3 is 14.8 Å². The minimum atomic E-state index is -0.637. The predicted molar refractivity (Wildman–Crippen MR) is 109 cm³/mol. The van der Waals surface area contributed by atoms with Gasteiger partial charge in [-0.3, -0.25) is 9.48 Å². The molecule has 1 spiro atoms. The standard InChI is InChI=1S/C23H22FN3O3/c1-27-21-15-5-3-4-6-17(15)30-23(9-11-25-12-10-23)19(21)20(26-27)22(28)16-8-7-14(24)13-18(16)29-2/h3-8,13,25H,9-12H2,1-2H3. The van der Waals surface area contributed by atoms with Crippen LogP contribution in [0.3, 0.4) is 0 Å². The third-order valence-electron chi connectivity index (χ3n) is 5.98. The van der Waals surface area contributed by atoms with Gasteiger partial charge in [0.25, 0.3) is 0 Å². The lowest BCUT2D eigenvalue weighted by molar-refractivity contribution is 0.0297. The molecule has 1 aromatic heterocycles. The summed E-state index contributed by atoms with van der Waals surface area (Å²) in [6.07, 6.45) is 1.45. The van der Waals surface area contributed by atoms with Crippen LogP contribution < -0.4 is 14.8 Å². The fourth-order valence-electron chi connectivity index (χ4n) is 4.60. The van der Waals surface area contributed by atoms with Crippen LogP contribution in [0.4, 0.5) is 4.39 Å². The van der Waals surface area contributed by atoms with Gasteiger partial charge in [-0.25, -0.2) is 4.39 Å². The lowest BCUT2D eigenvalue weighted by atomic mass is 9.79. The summed E-state index contributed by atoms with van der Waals surface area (Å²) in [5.41, 5.74) is 2.58. The highest BCUT2D eigenvalue weighted by Gasteiger charge is 2.47. The zero-order valence-corrected chi connectivity index (χ0v) is 16.9. The molecule has 1 N–H and O–H groups in total. The highest BCUT2D eigenvalue weighted by atomic mass is 19.1. The summed E-state index contributed by atoms with van der Waals surface area (Å²) in [5, 5.41) is 8.00. The molecule has 0 unspecified atom stereocenters. The molecule has 5 rings (SSSR count). The van der Waals surface area contributed by atoms with E-state index in [9.17, 15) is 9.18 Å². The van der Waals surface area contributed by atoms with Crippen molar-refractivity contribution in [3.63, 3.8) is 0 Å². The Morgan fingerprint density at radius 1 is 1.23 bits per heavy atom. The summed E-state index contributed by atoms with van der Waals surface area (Å²) in [5.74, 6) is 0.229. The largest absolute Gasteiger partial charge is 0.496 e. The number of rotatable bonds is 3. The van der Waals surface area contributed by atoms with Crippen LogP contribution in [0.5, 0.6) is 11.5 Å². The van der Waals surface area contributed by atoms with Gasteiger partial charge in [-0.05, 0) is 37.4 Å². The van der Waals surface area contributed by atoms with E-state index in [1.165, 1.54) is 25.3 Å². The molecule has 3 aromatic rings. The first-order valence-electron chi connectivity index (χ1n) is 9.99. The highest BCUT2D eigenvalue weighted by molar-refractivity contribution is 6.11. The predicted octanol–water partition coefficient (Wildman–Crippen LogP) is 3.44. The Kier molecular flexibility index (Phi) is 4.36. The van der Waals surface area contributed by atoms with E-state index >= 15 is 0 Å². The van der Waals surface area contributed by atoms with Gasteiger partial charge in [0.15, 0.2) is 0 Å². The van der Waals surface area contributed by atoms with Crippen molar-refractivity contribution in [2.75, 3.05) is 20.2 Å². The number of halogens is 1. The van der Waals surface area contributed by atoms with E-state index in [2.05, 4.69) is 10.4 Å². The van der Waals surface area contributed by atoms with E-state index in [1.807, 2.05) is 31.3 Å². The van der Waals surface area contributed by atoms with Gasteiger partial charge in [0, 0.05) is 31.5 Å². The van der Waals surface area contributed by atoms with E-state index in [1.54, 1.807) is 4.68 Å². The minimum Gasteiger partial charge on any atom is -0.496 e. The maximum atomic E-state index is 13.7. The third kappa shape index (κ3) is 2.73. The molecular weight excluding hydrogens is 385 g/mol. The van der Waals surface area contributed by atoms with E-state index in [0.717, 1.165) is 48.5 Å². The Labute approximate surface area is 173 Å². The number of carbonyl (C=O) groups excluding carboxylic acids is 1. The summed E-state index contributed by atoms with van der Waals surface area (Å²) in [7, 11) is 3.27. The summed E-state index contributed by atoms with van der Waals surface area (Å²) >= 11 is 0. The highest BCUT2D eigenvalue weighted by Crippen LogP contribution is 2.50. The van der Waals surface area contributed by atoms with Crippen molar-refractivity contribution in [1.82, 2.24) is 15.1 Å². The molecule has 0 radical (unpaired) electrons. The van der Waals surface area contributed by atoms with E-state index in [4.69, 9.17) is 9.47 Å². The van der Waals surface area contributed by atoms with Crippen molar-refractivity contribution in [1.29, 1.82) is 0 Å². The Hall–Kier alpha value is -3.19. The molecule has 6 nitrogen and oxygen atoms in total. The van der Waals surface area contributed by atoms with Crippen LogP contribution in [-0.2, 0) is 12.6 Å². The molecule has 0 atom stereocenters. The number of piperidine rings is 1. The van der Waals surface area contributed by atoms with E-state index in [0.29, 0.717) is 5.69 Å². The Bertz CT molecular complexity index is 1150. The fraction of sp³-hybridized carbons (Fsp3) is 0.304. The second-order valence-corrected chi connectivity index (χ2v) is 7.71. The maximum Gasteiger partial charge on any atom is 0.217 e. The molecule has 2 aromatic carbocycles. The first-order valence-corrected chi connectivity index (χ1v) is 9.99. The molecule has 2 aliphatic rings. The van der Waals surface area contributed by atoms with Gasteiger partial charge in [0.1, 0.15) is 28.6 Å². The molecule has 30 heavy (non-hydrogen) atoms. The number of para-hydroxylation sites is 1. The lowest BCUT2D eigenvalue weighted by Gasteiger charge is -2.42. The summed E-state index contributed by atoms with van der Waals surface area (Å²) < 4.78 is 27.3. The molecule has 0 saturated carbocycles. The fourth-order valence-corrected chi connectivity index (χ4v) is 4.60. The molecule has 1 saturated heterocycles. The quantitative estimate of drug-likeness (QED) is 0.674. The summed E-state index contributed by atoms with van der Waals surface area (Å²) in [6.45, 7) is 1.56. The molecule has 0 bridgehead atoms. The van der Waals surface area contributed by atoms with Gasteiger partial charge in [-0.15, -0.1) is 0 Å². The van der Waals surface area contributed by atoms with Gasteiger partial charge in [0.2, 0.25) is 5.78 Å². The van der Waals surface area contributed by atoms with Crippen molar-refractivity contribution < 1.29 is 18.7 Å².